The predicted octanol–water partition coefficient (Wildman–Crippen LogP) is 6.75. The third-order valence-corrected chi connectivity index (χ3v) is 6.31. The zero-order valence-electron chi connectivity index (χ0n) is 17.6. The second kappa shape index (κ2) is 9.98. The molecule has 1 atom stereocenters. The van der Waals surface area contributed by atoms with E-state index in [0.717, 1.165) is 17.5 Å². The number of carboxylic acids is 1. The van der Waals surface area contributed by atoms with Crippen LogP contribution in [0.5, 0.6) is 5.75 Å². The van der Waals surface area contributed by atoms with Crippen molar-refractivity contribution in [1.82, 2.24) is 0 Å². The van der Waals surface area contributed by atoms with Gasteiger partial charge in [0.1, 0.15) is 11.3 Å². The number of rotatable bonds is 8. The molecule has 0 saturated heterocycles. The summed E-state index contributed by atoms with van der Waals surface area (Å²) in [6.07, 6.45) is 1.01. The van der Waals surface area contributed by atoms with Gasteiger partial charge < -0.3 is 15.2 Å². The van der Waals surface area contributed by atoms with Gasteiger partial charge in [0.15, 0.2) is 0 Å². The first kappa shape index (κ1) is 22.8. The van der Waals surface area contributed by atoms with Crippen LogP contribution in [0.3, 0.4) is 0 Å². The topological polar surface area (TPSA) is 75.6 Å². The molecule has 3 rings (SSSR count). The zero-order valence-corrected chi connectivity index (χ0v) is 19.1. The molecule has 0 aliphatic heterocycles. The van der Waals surface area contributed by atoms with Crippen LogP contribution in [-0.4, -0.2) is 23.6 Å². The first-order valence-corrected chi connectivity index (χ1v) is 11.2. The molecule has 1 amide bonds. The highest BCUT2D eigenvalue weighted by atomic mass is 35.5. The van der Waals surface area contributed by atoms with Crippen molar-refractivity contribution >= 4 is 40.5 Å². The second-order valence-corrected chi connectivity index (χ2v) is 8.74. The lowest BCUT2D eigenvalue weighted by molar-refractivity contribution is 0.0699. The maximum absolute atomic E-state index is 12.9. The molecule has 1 heterocycles. The molecule has 0 radical (unpaired) electrons. The number of carbonyl (C=O) groups is 2. The third-order valence-electron chi connectivity index (χ3n) is 5.03. The monoisotopic (exact) mass is 457 g/mol. The van der Waals surface area contributed by atoms with Crippen LogP contribution >= 0.6 is 22.9 Å². The highest BCUT2D eigenvalue weighted by molar-refractivity contribution is 7.14. The van der Waals surface area contributed by atoms with E-state index in [1.807, 2.05) is 13.0 Å². The van der Waals surface area contributed by atoms with Crippen molar-refractivity contribution in [2.24, 2.45) is 5.92 Å². The minimum Gasteiger partial charge on any atom is -0.493 e. The van der Waals surface area contributed by atoms with E-state index in [2.05, 4.69) is 19.2 Å². The molecule has 7 heteroatoms. The molecule has 1 unspecified atom stereocenters. The van der Waals surface area contributed by atoms with Crippen LogP contribution in [0.25, 0.3) is 10.4 Å². The Hall–Kier alpha value is -2.83. The Labute approximate surface area is 190 Å². The summed E-state index contributed by atoms with van der Waals surface area (Å²) in [4.78, 5) is 25.4. The van der Waals surface area contributed by atoms with Gasteiger partial charge in [0.2, 0.25) is 0 Å². The van der Waals surface area contributed by atoms with Crippen LogP contribution < -0.4 is 10.1 Å². The number of amides is 1. The summed E-state index contributed by atoms with van der Waals surface area (Å²) < 4.78 is 5.88. The Morgan fingerprint density at radius 3 is 2.55 bits per heavy atom. The quantitative estimate of drug-likeness (QED) is 0.392. The Kier molecular flexibility index (Phi) is 7.36. The third kappa shape index (κ3) is 5.46. The van der Waals surface area contributed by atoms with Crippen LogP contribution in [0, 0.1) is 12.8 Å². The van der Waals surface area contributed by atoms with Gasteiger partial charge in [0.25, 0.3) is 5.91 Å². The molecule has 1 aromatic heterocycles. The Morgan fingerprint density at radius 1 is 1.19 bits per heavy atom. The molecule has 0 fully saturated rings. The molecule has 162 valence electrons. The number of nitrogens with one attached hydrogen (secondary N) is 1. The number of aryl methyl sites for hydroxylation is 1. The molecule has 5 nitrogen and oxygen atoms in total. The molecular weight excluding hydrogens is 434 g/mol. The van der Waals surface area contributed by atoms with Crippen LogP contribution in [-0.2, 0) is 0 Å². The van der Waals surface area contributed by atoms with E-state index in [9.17, 15) is 14.7 Å². The predicted molar refractivity (Wildman–Crippen MR) is 126 cm³/mol. The summed E-state index contributed by atoms with van der Waals surface area (Å²) in [5, 5.41) is 14.7. The van der Waals surface area contributed by atoms with Gasteiger partial charge in [0.05, 0.1) is 17.2 Å². The molecule has 0 spiro atoms. The number of anilines is 1. The van der Waals surface area contributed by atoms with Crippen molar-refractivity contribution < 1.29 is 19.4 Å². The summed E-state index contributed by atoms with van der Waals surface area (Å²) in [7, 11) is 0. The molecule has 2 N–H and O–H groups in total. The number of carboxylic acid groups (broad SMARTS) is 1. The first-order valence-electron chi connectivity index (χ1n) is 9.95. The van der Waals surface area contributed by atoms with E-state index in [0.29, 0.717) is 33.7 Å². The average Bonchev–Trinajstić information content (AvgIpc) is 3.17. The normalized spacial score (nSPS) is 11.7. The molecule has 0 aliphatic rings. The van der Waals surface area contributed by atoms with E-state index in [-0.39, 0.29) is 11.3 Å². The van der Waals surface area contributed by atoms with Gasteiger partial charge in [-0.3, -0.25) is 4.79 Å². The fraction of sp³-hybridized carbons (Fsp3) is 0.250. The SMILES string of the molecule is CCC(C)COc1cc(C(=O)Nc2csc(-c3ccc(Cl)cc3)c2C(=O)O)ccc1C. The minimum absolute atomic E-state index is 0.0565. The number of carbonyl (C=O) groups excluding carboxylic acids is 1. The van der Waals surface area contributed by atoms with E-state index >= 15 is 0 Å². The Bertz CT molecular complexity index is 1090. The number of hydrogen-bond acceptors (Lipinski definition) is 4. The summed E-state index contributed by atoms with van der Waals surface area (Å²) >= 11 is 7.19. The van der Waals surface area contributed by atoms with Crippen LogP contribution in [0.15, 0.2) is 47.8 Å². The van der Waals surface area contributed by atoms with E-state index < -0.39 is 11.9 Å². The molecule has 0 aliphatic carbocycles. The van der Waals surface area contributed by atoms with Gasteiger partial charge in [-0.05, 0) is 48.2 Å². The lowest BCUT2D eigenvalue weighted by Crippen LogP contribution is -2.15. The van der Waals surface area contributed by atoms with Gasteiger partial charge in [-0.1, -0.05) is 50.1 Å². The maximum Gasteiger partial charge on any atom is 0.339 e. The minimum atomic E-state index is -1.11. The number of aromatic carboxylic acids is 1. The fourth-order valence-electron chi connectivity index (χ4n) is 2.92. The number of hydrogen-bond donors (Lipinski definition) is 2. The number of halogens is 1. The van der Waals surface area contributed by atoms with Crippen LogP contribution in [0.1, 0.15) is 46.5 Å². The molecule has 0 saturated carbocycles. The zero-order chi connectivity index (χ0) is 22.5. The average molecular weight is 458 g/mol. The largest absolute Gasteiger partial charge is 0.493 e. The Balaban J connectivity index is 1.85. The summed E-state index contributed by atoms with van der Waals surface area (Å²) in [6.45, 7) is 6.70. The highest BCUT2D eigenvalue weighted by Crippen LogP contribution is 2.37. The Morgan fingerprint density at radius 2 is 1.90 bits per heavy atom. The number of thiophene rings is 1. The smallest absolute Gasteiger partial charge is 0.339 e. The fourth-order valence-corrected chi connectivity index (χ4v) is 4.04. The van der Waals surface area contributed by atoms with E-state index in [1.165, 1.54) is 11.3 Å². The van der Waals surface area contributed by atoms with E-state index in [1.54, 1.807) is 41.8 Å². The van der Waals surface area contributed by atoms with Gasteiger partial charge >= 0.3 is 5.97 Å². The van der Waals surface area contributed by atoms with Gasteiger partial charge in [0, 0.05) is 16.0 Å². The maximum atomic E-state index is 12.9. The van der Waals surface area contributed by atoms with Crippen LogP contribution in [0.4, 0.5) is 5.69 Å². The highest BCUT2D eigenvalue weighted by Gasteiger charge is 2.22. The van der Waals surface area contributed by atoms with Gasteiger partial charge in [-0.2, -0.15) is 0 Å². The molecule has 0 bridgehead atoms. The summed E-state index contributed by atoms with van der Waals surface area (Å²) in [6, 6.07) is 12.1. The van der Waals surface area contributed by atoms with Gasteiger partial charge in [-0.15, -0.1) is 11.3 Å². The summed E-state index contributed by atoms with van der Waals surface area (Å²) in [5.41, 5.74) is 2.38. The standard InChI is InChI=1S/C24H24ClNO4S/c1-4-14(2)12-30-20-11-17(6-5-15(20)3)23(27)26-19-13-31-22(21(19)24(28)29)16-7-9-18(25)10-8-16/h5-11,13-14H,4,12H2,1-3H3,(H,26,27)(H,28,29). The second-order valence-electron chi connectivity index (χ2n) is 7.42. The lowest BCUT2D eigenvalue weighted by Gasteiger charge is -2.14. The van der Waals surface area contributed by atoms with Gasteiger partial charge in [-0.25, -0.2) is 4.79 Å². The molecule has 3 aromatic rings. The summed E-state index contributed by atoms with van der Waals surface area (Å²) in [5.74, 6) is -0.440. The van der Waals surface area contributed by atoms with E-state index in [4.69, 9.17) is 16.3 Å². The van der Waals surface area contributed by atoms with Crippen molar-refractivity contribution in [3.05, 3.63) is 69.6 Å². The molecule has 2 aromatic carbocycles. The van der Waals surface area contributed by atoms with Crippen molar-refractivity contribution in [1.29, 1.82) is 0 Å². The lowest BCUT2D eigenvalue weighted by atomic mass is 10.1. The van der Waals surface area contributed by atoms with Crippen molar-refractivity contribution in [2.45, 2.75) is 27.2 Å². The van der Waals surface area contributed by atoms with Crippen LogP contribution in [0.2, 0.25) is 5.02 Å². The van der Waals surface area contributed by atoms with Crippen molar-refractivity contribution in [3.63, 3.8) is 0 Å². The van der Waals surface area contributed by atoms with Crippen molar-refractivity contribution in [3.8, 4) is 16.2 Å². The molecule has 31 heavy (non-hydrogen) atoms. The first-order chi connectivity index (χ1) is 14.8. The van der Waals surface area contributed by atoms with Crippen molar-refractivity contribution in [2.75, 3.05) is 11.9 Å². The molecular formula is C24H24ClNO4S. The number of ether oxygens (including phenoxy) is 1. The number of benzene rings is 2.